The molecule has 0 aliphatic rings. The van der Waals surface area contributed by atoms with Crippen LogP contribution in [0.25, 0.3) is 0 Å². The predicted octanol–water partition coefficient (Wildman–Crippen LogP) is 5.53. The van der Waals surface area contributed by atoms with Crippen molar-refractivity contribution in [2.45, 2.75) is 71.4 Å². The second-order valence-electron chi connectivity index (χ2n) is 10.2. The summed E-state index contributed by atoms with van der Waals surface area (Å²) in [5, 5.41) is 2.96. The number of rotatable bonds is 13. The van der Waals surface area contributed by atoms with E-state index in [9.17, 15) is 18.0 Å². The van der Waals surface area contributed by atoms with Gasteiger partial charge in [0.1, 0.15) is 12.6 Å². The number of nitrogens with zero attached hydrogens (tertiary/aromatic N) is 2. The number of sulfonamides is 1. The Bertz CT molecular complexity index is 1410. The summed E-state index contributed by atoms with van der Waals surface area (Å²) >= 11 is 0. The van der Waals surface area contributed by atoms with Gasteiger partial charge in [-0.15, -0.1) is 0 Å². The van der Waals surface area contributed by atoms with E-state index in [-0.39, 0.29) is 17.3 Å². The molecule has 0 bridgehead atoms. The number of benzene rings is 3. The van der Waals surface area contributed by atoms with Crippen LogP contribution in [0.4, 0.5) is 5.69 Å². The van der Waals surface area contributed by atoms with Crippen LogP contribution < -0.4 is 9.62 Å². The molecule has 0 fully saturated rings. The zero-order valence-corrected chi connectivity index (χ0v) is 25.0. The summed E-state index contributed by atoms with van der Waals surface area (Å²) in [6.07, 6.45) is 2.17. The molecule has 3 aromatic carbocycles. The molecular formula is C32H41N3O4S. The van der Waals surface area contributed by atoms with Crippen LogP contribution in [0.3, 0.4) is 0 Å². The first-order valence-corrected chi connectivity index (χ1v) is 15.3. The molecule has 3 rings (SSSR count). The Balaban J connectivity index is 2.06. The zero-order chi connectivity index (χ0) is 29.3. The van der Waals surface area contributed by atoms with E-state index in [1.54, 1.807) is 24.3 Å². The molecule has 40 heavy (non-hydrogen) atoms. The predicted molar refractivity (Wildman–Crippen MR) is 161 cm³/mol. The average molecular weight is 564 g/mol. The van der Waals surface area contributed by atoms with Gasteiger partial charge < -0.3 is 10.2 Å². The fourth-order valence-electron chi connectivity index (χ4n) is 4.75. The van der Waals surface area contributed by atoms with Crippen molar-refractivity contribution >= 4 is 27.5 Å². The van der Waals surface area contributed by atoms with Gasteiger partial charge in [-0.3, -0.25) is 13.9 Å². The van der Waals surface area contributed by atoms with Gasteiger partial charge in [0, 0.05) is 13.1 Å². The van der Waals surface area contributed by atoms with Crippen LogP contribution in [-0.2, 0) is 26.2 Å². The lowest BCUT2D eigenvalue weighted by Crippen LogP contribution is -2.52. The lowest BCUT2D eigenvalue weighted by Gasteiger charge is -2.33. The van der Waals surface area contributed by atoms with Gasteiger partial charge in [0.25, 0.3) is 10.0 Å². The fraction of sp³-hybridized carbons (Fsp3) is 0.375. The lowest BCUT2D eigenvalue weighted by atomic mass is 10.1. The van der Waals surface area contributed by atoms with Crippen LogP contribution >= 0.6 is 0 Å². The summed E-state index contributed by atoms with van der Waals surface area (Å²) in [5.74, 6) is -0.681. The minimum atomic E-state index is -4.08. The summed E-state index contributed by atoms with van der Waals surface area (Å²) in [6, 6.07) is 20.6. The number of carbonyl (C=O) groups is 2. The van der Waals surface area contributed by atoms with Crippen LogP contribution in [0, 0.1) is 20.8 Å². The van der Waals surface area contributed by atoms with E-state index in [1.165, 1.54) is 21.3 Å². The van der Waals surface area contributed by atoms with Gasteiger partial charge in [0.2, 0.25) is 11.8 Å². The lowest BCUT2D eigenvalue weighted by molar-refractivity contribution is -0.140. The van der Waals surface area contributed by atoms with E-state index >= 15 is 0 Å². The number of hydrogen-bond donors (Lipinski definition) is 1. The normalized spacial score (nSPS) is 12.0. The average Bonchev–Trinajstić information content (AvgIpc) is 2.92. The molecule has 7 nitrogen and oxygen atoms in total. The molecule has 0 aromatic heterocycles. The molecule has 8 heteroatoms. The van der Waals surface area contributed by atoms with Crippen molar-refractivity contribution in [1.29, 1.82) is 0 Å². The first-order valence-electron chi connectivity index (χ1n) is 13.9. The number of unbranched alkanes of at least 4 members (excludes halogenated alkanes) is 1. The van der Waals surface area contributed by atoms with Gasteiger partial charge in [0.15, 0.2) is 0 Å². The Hall–Kier alpha value is -3.65. The molecule has 1 atom stereocenters. The van der Waals surface area contributed by atoms with Crippen molar-refractivity contribution in [3.63, 3.8) is 0 Å². The number of nitrogens with one attached hydrogen (secondary N) is 1. The summed E-state index contributed by atoms with van der Waals surface area (Å²) in [5.41, 5.74) is 4.06. The third kappa shape index (κ3) is 7.72. The first kappa shape index (κ1) is 30.9. The van der Waals surface area contributed by atoms with Gasteiger partial charge >= 0.3 is 0 Å². The molecule has 0 saturated carbocycles. The summed E-state index contributed by atoms with van der Waals surface area (Å²) < 4.78 is 29.1. The number of amides is 2. The molecule has 2 amide bonds. The molecule has 3 aromatic rings. The molecule has 0 aliphatic heterocycles. The third-order valence-electron chi connectivity index (χ3n) is 6.88. The van der Waals surface area contributed by atoms with Gasteiger partial charge in [-0.25, -0.2) is 8.42 Å². The standard InChI is InChI=1S/C32H41N3O4S/c1-6-8-19-33-32(37)29(7-2)34(22-27-14-12-13-24(3)21-27)31(36)23-35(30-18-17-25(4)20-26(30)5)40(38,39)28-15-10-9-11-16-28/h9-18,20-21,29H,6-8,19,22-23H2,1-5H3,(H,33,37). The smallest absolute Gasteiger partial charge is 0.264 e. The molecule has 1 N–H and O–H groups in total. The molecular weight excluding hydrogens is 522 g/mol. The highest BCUT2D eigenvalue weighted by Gasteiger charge is 2.34. The number of hydrogen-bond acceptors (Lipinski definition) is 4. The quantitative estimate of drug-likeness (QED) is 0.277. The molecule has 0 radical (unpaired) electrons. The van der Waals surface area contributed by atoms with Crippen molar-refractivity contribution in [2.75, 3.05) is 17.4 Å². The SMILES string of the molecule is CCCCNC(=O)C(CC)N(Cc1cccc(C)c1)C(=O)CN(c1ccc(C)cc1C)S(=O)(=O)c1ccccc1. The second kappa shape index (κ2) is 14.1. The van der Waals surface area contributed by atoms with E-state index in [2.05, 4.69) is 5.32 Å². The zero-order valence-electron chi connectivity index (χ0n) is 24.2. The van der Waals surface area contributed by atoms with Crippen molar-refractivity contribution in [3.05, 3.63) is 95.1 Å². The highest BCUT2D eigenvalue weighted by atomic mass is 32.2. The van der Waals surface area contributed by atoms with Crippen LogP contribution in [0.15, 0.2) is 77.7 Å². The van der Waals surface area contributed by atoms with E-state index in [0.29, 0.717) is 18.7 Å². The monoisotopic (exact) mass is 563 g/mol. The van der Waals surface area contributed by atoms with E-state index < -0.39 is 28.5 Å². The van der Waals surface area contributed by atoms with E-state index in [0.717, 1.165) is 35.1 Å². The number of carbonyl (C=O) groups excluding carboxylic acids is 2. The highest BCUT2D eigenvalue weighted by molar-refractivity contribution is 7.92. The molecule has 0 saturated heterocycles. The highest BCUT2D eigenvalue weighted by Crippen LogP contribution is 2.28. The molecule has 0 heterocycles. The van der Waals surface area contributed by atoms with Gasteiger partial charge in [-0.2, -0.15) is 0 Å². The molecule has 214 valence electrons. The third-order valence-corrected chi connectivity index (χ3v) is 8.66. The maximum Gasteiger partial charge on any atom is 0.264 e. The molecule has 1 unspecified atom stereocenters. The van der Waals surface area contributed by atoms with Crippen LogP contribution in [0.1, 0.15) is 55.4 Å². The largest absolute Gasteiger partial charge is 0.354 e. The summed E-state index contributed by atoms with van der Waals surface area (Å²) in [7, 11) is -4.08. The minimum Gasteiger partial charge on any atom is -0.354 e. The Morgan fingerprint density at radius 2 is 1.57 bits per heavy atom. The molecule has 0 spiro atoms. The van der Waals surface area contributed by atoms with E-state index in [4.69, 9.17) is 0 Å². The second-order valence-corrected chi connectivity index (χ2v) is 12.1. The number of anilines is 1. The first-order chi connectivity index (χ1) is 19.1. The van der Waals surface area contributed by atoms with Crippen molar-refractivity contribution in [2.24, 2.45) is 0 Å². The fourth-order valence-corrected chi connectivity index (χ4v) is 6.25. The Kier molecular flexibility index (Phi) is 10.9. The van der Waals surface area contributed by atoms with Crippen LogP contribution in [0.5, 0.6) is 0 Å². The molecule has 0 aliphatic carbocycles. The van der Waals surface area contributed by atoms with Gasteiger partial charge in [-0.1, -0.05) is 86.0 Å². The summed E-state index contributed by atoms with van der Waals surface area (Å²) in [4.78, 5) is 29.0. The topological polar surface area (TPSA) is 86.8 Å². The van der Waals surface area contributed by atoms with Crippen molar-refractivity contribution < 1.29 is 18.0 Å². The maximum absolute atomic E-state index is 14.1. The van der Waals surface area contributed by atoms with Gasteiger partial charge in [0.05, 0.1) is 10.6 Å². The Morgan fingerprint density at radius 3 is 2.20 bits per heavy atom. The van der Waals surface area contributed by atoms with Crippen LogP contribution in [0.2, 0.25) is 0 Å². The van der Waals surface area contributed by atoms with E-state index in [1.807, 2.05) is 71.0 Å². The maximum atomic E-state index is 14.1. The van der Waals surface area contributed by atoms with Crippen LogP contribution in [-0.4, -0.2) is 44.3 Å². The van der Waals surface area contributed by atoms with Crippen molar-refractivity contribution in [3.8, 4) is 0 Å². The van der Waals surface area contributed by atoms with Crippen molar-refractivity contribution in [1.82, 2.24) is 10.2 Å². The van der Waals surface area contributed by atoms with Gasteiger partial charge in [-0.05, 0) is 62.9 Å². The number of aryl methyl sites for hydroxylation is 3. The summed E-state index contributed by atoms with van der Waals surface area (Å²) in [6.45, 7) is 9.92. The minimum absolute atomic E-state index is 0.0948. The Morgan fingerprint density at radius 1 is 0.875 bits per heavy atom. The Labute approximate surface area is 239 Å².